The number of nitrogens with zero attached hydrogens (tertiary/aromatic N) is 1. The van der Waals surface area contributed by atoms with Crippen molar-refractivity contribution in [1.82, 2.24) is 25.6 Å². The first-order valence-electron chi connectivity index (χ1n) is 18.5. The molecular weight excluding hydrogens is 735 g/mol. The Morgan fingerprint density at radius 1 is 0.981 bits per heavy atom. The molecule has 1 saturated heterocycles. The second kappa shape index (κ2) is 15.8. The van der Waals surface area contributed by atoms with Crippen LogP contribution in [0.3, 0.4) is 0 Å². The number of alkyl halides is 3. The second-order valence-corrected chi connectivity index (χ2v) is 16.8. The molecule has 2 heterocycles. The number of carbonyl (C=O) groups excluding carboxylic acids is 5. The van der Waals surface area contributed by atoms with Crippen molar-refractivity contribution in [2.24, 2.45) is 5.92 Å². The van der Waals surface area contributed by atoms with Crippen LogP contribution in [0, 0.1) is 5.92 Å². The Bertz CT molecular complexity index is 1780. The van der Waals surface area contributed by atoms with E-state index in [9.17, 15) is 45.6 Å². The van der Waals surface area contributed by atoms with Crippen molar-refractivity contribution in [2.75, 3.05) is 13.7 Å². The highest BCUT2D eigenvalue weighted by Gasteiger charge is 2.62. The topological polar surface area (TPSA) is 189 Å². The van der Waals surface area contributed by atoms with Crippen LogP contribution in [0.4, 0.5) is 18.0 Å². The van der Waals surface area contributed by atoms with Crippen molar-refractivity contribution in [3.8, 4) is 5.75 Å². The van der Waals surface area contributed by atoms with Gasteiger partial charge < -0.3 is 30.3 Å². The first kappa shape index (κ1) is 39.3. The highest BCUT2D eigenvalue weighted by atomic mass is 32.2. The van der Waals surface area contributed by atoms with Crippen LogP contribution >= 0.6 is 0 Å². The smallest absolute Gasteiger partial charge is 0.419 e. The normalized spacial score (nSPS) is 28.7. The number of hydrogen-bond donors (Lipinski definition) is 4. The van der Waals surface area contributed by atoms with Gasteiger partial charge in [0, 0.05) is 24.1 Å². The molecule has 18 heteroatoms. The maximum Gasteiger partial charge on any atom is 0.419 e. The van der Waals surface area contributed by atoms with Gasteiger partial charge in [0.15, 0.2) is 0 Å². The van der Waals surface area contributed by atoms with E-state index in [-0.39, 0.29) is 37.5 Å². The predicted molar refractivity (Wildman–Crippen MR) is 186 cm³/mol. The molecule has 4 fully saturated rings. The van der Waals surface area contributed by atoms with Crippen molar-refractivity contribution in [1.29, 1.82) is 0 Å². The van der Waals surface area contributed by atoms with Crippen LogP contribution in [0.15, 0.2) is 30.4 Å². The molecule has 4 N–H and O–H groups in total. The molecule has 0 radical (unpaired) electrons. The van der Waals surface area contributed by atoms with Crippen LogP contribution < -0.4 is 25.4 Å². The maximum absolute atomic E-state index is 14.3. The van der Waals surface area contributed by atoms with Gasteiger partial charge in [0.25, 0.3) is 11.8 Å². The zero-order valence-electron chi connectivity index (χ0n) is 29.9. The number of methoxy groups -OCH3 is 1. The summed E-state index contributed by atoms with van der Waals surface area (Å²) in [5, 5.41) is 7.35. The third-order valence-electron chi connectivity index (χ3n) is 10.9. The first-order chi connectivity index (χ1) is 25.6. The average molecular weight is 782 g/mol. The SMILES string of the molecule is COc1ccc(C(=O)N[C@@H]2C[C@H]3C(=O)N[C@]4(C(=O)NS(=O)(=O)C5CC5)C[C@H]4/C=C\CCCCC[C@H](NC(=O)OC4CCCC4)C(=O)N3C2)cc1C(F)(F)F. The van der Waals surface area contributed by atoms with Crippen molar-refractivity contribution < 1.29 is 55.0 Å². The molecule has 2 aliphatic heterocycles. The standard InChI is InChI=1S/C36H46F3N5O9S/c1-52-29-16-13-21(17-26(29)36(37,38)39)30(45)40-23-18-28-31(46)42-35(33(48)43-54(50,51)25-14-15-25)19-22(35)9-5-3-2-4-6-12-27(32(47)44(28)20-23)41-34(49)53-24-10-7-8-11-24/h5,9,13,16-17,22-25,27-28H,2-4,6-8,10-12,14-15,18-20H2,1H3,(H,40,45)(H,41,49)(H,42,46)(H,43,48)/b9-5-/t22-,23-,27+,28+,35-/m1/s1. The summed E-state index contributed by atoms with van der Waals surface area (Å²) >= 11 is 0. The molecule has 0 unspecified atom stereocenters. The summed E-state index contributed by atoms with van der Waals surface area (Å²) in [6, 6.07) is -0.537. The number of hydrogen-bond acceptors (Lipinski definition) is 9. The van der Waals surface area contributed by atoms with E-state index >= 15 is 0 Å². The molecule has 5 aliphatic rings. The van der Waals surface area contributed by atoms with E-state index in [1.165, 1.54) is 4.90 Å². The molecule has 1 aromatic carbocycles. The van der Waals surface area contributed by atoms with Crippen molar-refractivity contribution in [3.63, 3.8) is 0 Å². The Kier molecular flexibility index (Phi) is 11.5. The van der Waals surface area contributed by atoms with Gasteiger partial charge in [0.2, 0.25) is 21.8 Å². The minimum absolute atomic E-state index is 0.109. The van der Waals surface area contributed by atoms with Crippen molar-refractivity contribution in [2.45, 2.75) is 125 Å². The van der Waals surface area contributed by atoms with E-state index in [1.807, 2.05) is 6.08 Å². The summed E-state index contributed by atoms with van der Waals surface area (Å²) < 4.78 is 79.2. The van der Waals surface area contributed by atoms with E-state index in [1.54, 1.807) is 6.08 Å². The molecular formula is C36H46F3N5O9S. The number of carbonyl (C=O) groups is 5. The van der Waals surface area contributed by atoms with Gasteiger partial charge in [0.1, 0.15) is 29.5 Å². The maximum atomic E-state index is 14.3. The number of benzene rings is 1. The number of halogens is 3. The largest absolute Gasteiger partial charge is 0.496 e. The van der Waals surface area contributed by atoms with Gasteiger partial charge in [-0.3, -0.25) is 23.9 Å². The number of fused-ring (bicyclic) bond motifs is 2. The predicted octanol–water partition coefficient (Wildman–Crippen LogP) is 3.45. The quantitative estimate of drug-likeness (QED) is 0.287. The fourth-order valence-electron chi connectivity index (χ4n) is 7.58. The molecule has 54 heavy (non-hydrogen) atoms. The van der Waals surface area contributed by atoms with E-state index in [0.717, 1.165) is 38.5 Å². The van der Waals surface area contributed by atoms with Gasteiger partial charge in [-0.05, 0) is 88.8 Å². The third-order valence-corrected chi connectivity index (χ3v) is 12.7. The number of allylic oxidation sites excluding steroid dienone is 1. The highest BCUT2D eigenvalue weighted by Crippen LogP contribution is 2.46. The van der Waals surface area contributed by atoms with Crippen molar-refractivity contribution >= 4 is 39.7 Å². The number of rotatable bonds is 8. The first-order valence-corrected chi connectivity index (χ1v) is 20.0. The Labute approximate surface area is 311 Å². The highest BCUT2D eigenvalue weighted by molar-refractivity contribution is 7.91. The van der Waals surface area contributed by atoms with Gasteiger partial charge in [-0.1, -0.05) is 25.0 Å². The number of nitrogens with one attached hydrogen (secondary N) is 4. The van der Waals surface area contributed by atoms with Crippen LogP contribution in [0.2, 0.25) is 0 Å². The van der Waals surface area contributed by atoms with Crippen LogP contribution in [-0.4, -0.2) is 91.7 Å². The lowest BCUT2D eigenvalue weighted by Gasteiger charge is -2.30. The molecule has 0 spiro atoms. The van der Waals surface area contributed by atoms with E-state index in [2.05, 4.69) is 20.7 Å². The molecule has 3 saturated carbocycles. The van der Waals surface area contributed by atoms with E-state index in [0.29, 0.717) is 51.0 Å². The van der Waals surface area contributed by atoms with Gasteiger partial charge in [-0.25, -0.2) is 13.2 Å². The molecule has 5 amide bonds. The zero-order valence-corrected chi connectivity index (χ0v) is 30.7. The number of sulfonamides is 1. The summed E-state index contributed by atoms with van der Waals surface area (Å²) in [7, 11) is -2.90. The lowest BCUT2D eigenvalue weighted by atomic mass is 10.0. The van der Waals surface area contributed by atoms with Crippen LogP contribution in [0.5, 0.6) is 5.75 Å². The molecule has 0 bridgehead atoms. The molecule has 6 rings (SSSR count). The number of alkyl carbamates (subject to hydrolysis) is 1. The lowest BCUT2D eigenvalue weighted by Crippen LogP contribution is -2.58. The van der Waals surface area contributed by atoms with Gasteiger partial charge in [-0.15, -0.1) is 0 Å². The lowest BCUT2D eigenvalue weighted by molar-refractivity contribution is -0.141. The molecule has 14 nitrogen and oxygen atoms in total. The van der Waals surface area contributed by atoms with E-state index < -0.39 is 92.1 Å². The Balaban J connectivity index is 1.27. The average Bonchev–Trinajstić information content (AvgIpc) is 3.99. The Hall–Kier alpha value is -4.35. The van der Waals surface area contributed by atoms with Crippen LogP contribution in [-0.2, 0) is 35.3 Å². The fourth-order valence-corrected chi connectivity index (χ4v) is 8.94. The Morgan fingerprint density at radius 2 is 1.70 bits per heavy atom. The third kappa shape index (κ3) is 8.95. The summed E-state index contributed by atoms with van der Waals surface area (Å²) in [5.74, 6) is -4.23. The number of ether oxygens (including phenoxy) is 2. The summed E-state index contributed by atoms with van der Waals surface area (Å²) in [6.45, 7) is -0.251. The van der Waals surface area contributed by atoms with Gasteiger partial charge in [-0.2, -0.15) is 13.2 Å². The second-order valence-electron chi connectivity index (χ2n) is 14.8. The molecule has 3 aliphatic carbocycles. The zero-order chi connectivity index (χ0) is 38.8. The Morgan fingerprint density at radius 3 is 2.39 bits per heavy atom. The summed E-state index contributed by atoms with van der Waals surface area (Å²) in [4.78, 5) is 69.7. The summed E-state index contributed by atoms with van der Waals surface area (Å²) in [5.41, 5.74) is -3.12. The molecule has 1 aromatic rings. The number of amides is 5. The van der Waals surface area contributed by atoms with Gasteiger partial charge in [0.05, 0.1) is 17.9 Å². The fraction of sp³-hybridized carbons (Fsp3) is 0.639. The molecule has 5 atom stereocenters. The minimum Gasteiger partial charge on any atom is -0.496 e. The van der Waals surface area contributed by atoms with E-state index in [4.69, 9.17) is 9.47 Å². The monoisotopic (exact) mass is 781 g/mol. The molecule has 296 valence electrons. The molecule has 0 aromatic heterocycles. The van der Waals surface area contributed by atoms with Gasteiger partial charge >= 0.3 is 12.3 Å². The van der Waals surface area contributed by atoms with Crippen LogP contribution in [0.1, 0.15) is 99.4 Å². The minimum atomic E-state index is -4.82. The van der Waals surface area contributed by atoms with Crippen molar-refractivity contribution in [3.05, 3.63) is 41.5 Å². The van der Waals surface area contributed by atoms with Crippen LogP contribution in [0.25, 0.3) is 0 Å². The summed E-state index contributed by atoms with van der Waals surface area (Å²) in [6.07, 6.45) is 4.51.